The second-order valence-electron chi connectivity index (χ2n) is 24.7. The molecule has 15 aliphatic rings. The summed E-state index contributed by atoms with van der Waals surface area (Å²) in [5.74, 6) is 6.53. The third kappa shape index (κ3) is 6.86. The molecule has 0 spiro atoms. The zero-order chi connectivity index (χ0) is 45.9. The van der Waals surface area contributed by atoms with Crippen molar-refractivity contribution >= 4 is 0 Å². The highest BCUT2D eigenvalue weighted by molar-refractivity contribution is 5.40. The van der Waals surface area contributed by atoms with Gasteiger partial charge in [-0.15, -0.1) is 0 Å². The average molecular weight is 927 g/mol. The Labute approximate surface area is 420 Å². The molecular weight excluding hydrogens is 849 g/mol. The number of hydrogen-bond acceptors (Lipinski definition) is 4. The summed E-state index contributed by atoms with van der Waals surface area (Å²) < 4.78 is 0. The van der Waals surface area contributed by atoms with Gasteiger partial charge < -0.3 is 19.6 Å². The van der Waals surface area contributed by atoms with Crippen LogP contribution in [0.1, 0.15) is 116 Å². The minimum Gasteiger partial charge on any atom is -0.364 e. The van der Waals surface area contributed by atoms with Crippen molar-refractivity contribution in [2.24, 2.45) is 59.2 Å². The molecule has 18 unspecified atom stereocenters. The van der Waals surface area contributed by atoms with Crippen molar-refractivity contribution in [2.75, 3.05) is 0 Å². The zero-order valence-electron chi connectivity index (χ0n) is 41.8. The van der Waals surface area contributed by atoms with Gasteiger partial charge in [0.25, 0.3) is 0 Å². The van der Waals surface area contributed by atoms with E-state index < -0.39 is 0 Å². The van der Waals surface area contributed by atoms with E-state index in [4.69, 9.17) is 0 Å². The fourth-order valence-corrected chi connectivity index (χ4v) is 18.7. The third-order valence-electron chi connectivity index (χ3n) is 21.5. The van der Waals surface area contributed by atoms with E-state index in [0.29, 0.717) is 108 Å². The summed E-state index contributed by atoms with van der Waals surface area (Å²) in [5, 5.41) is 0. The van der Waals surface area contributed by atoms with Crippen molar-refractivity contribution < 1.29 is 0 Å². The first-order valence-electron chi connectivity index (χ1n) is 29.1. The summed E-state index contributed by atoms with van der Waals surface area (Å²) in [6.45, 7) is 0. The van der Waals surface area contributed by atoms with Crippen molar-refractivity contribution in [3.8, 4) is 0 Å². The van der Waals surface area contributed by atoms with Crippen LogP contribution in [-0.4, -0.2) is 67.9 Å². The standard InChI is InChI=1S/C66H78N4/c1-3-16-47(17-4-1)67-61-28-13-9-24-53(61)55-38-43(30-34-63(55)67)45-32-36-65-57(40-45)58-41-46(44-31-35-64-56(39-44)54-25-10-14-29-62(54)68(64)48-18-5-2-6-19-48)33-37-66(58)70(65)50-21-15-20-49(42-50)69-59-26-11-7-22-51(59)52-23-8-12-27-60(52)69/h1-3,5,7,9,13-16,18,20-22,24,28-30,32-34,36-37,39,43-46,49,51,53-55,57-59,61-66H,4,6,8,10-12,17,19,23,25-27,31,35,38,40-42H2. The summed E-state index contributed by atoms with van der Waals surface area (Å²) >= 11 is 0. The molecule has 4 aliphatic heterocycles. The first-order valence-corrected chi connectivity index (χ1v) is 29.1. The molecule has 0 amide bonds. The molecule has 18 atom stereocenters. The Hall–Kier alpha value is -4.70. The van der Waals surface area contributed by atoms with Crippen LogP contribution >= 0.6 is 0 Å². The van der Waals surface area contributed by atoms with Gasteiger partial charge >= 0.3 is 0 Å². The Morgan fingerprint density at radius 2 is 1.10 bits per heavy atom. The van der Waals surface area contributed by atoms with Crippen LogP contribution in [0.15, 0.2) is 180 Å². The maximum Gasteiger partial charge on any atom is 0.0545 e. The van der Waals surface area contributed by atoms with E-state index in [0.717, 1.165) is 6.42 Å². The molecule has 4 heterocycles. The molecule has 0 aromatic carbocycles. The van der Waals surface area contributed by atoms with Crippen LogP contribution in [0.4, 0.5) is 0 Å². The number of hydrogen-bond donors (Lipinski definition) is 0. The van der Waals surface area contributed by atoms with Crippen LogP contribution in [0.2, 0.25) is 0 Å². The van der Waals surface area contributed by atoms with Crippen LogP contribution in [0.25, 0.3) is 0 Å². The molecule has 0 radical (unpaired) electrons. The van der Waals surface area contributed by atoms with Crippen molar-refractivity contribution in [3.63, 3.8) is 0 Å². The van der Waals surface area contributed by atoms with E-state index in [2.05, 4.69) is 165 Å². The number of likely N-dealkylation sites (tertiary alicyclic amines) is 3. The molecular formula is C66H78N4. The molecule has 4 nitrogen and oxygen atoms in total. The monoisotopic (exact) mass is 927 g/mol. The van der Waals surface area contributed by atoms with Gasteiger partial charge in [-0.1, -0.05) is 128 Å². The predicted molar refractivity (Wildman–Crippen MR) is 286 cm³/mol. The first kappa shape index (κ1) is 42.9. The molecule has 0 saturated carbocycles. The van der Waals surface area contributed by atoms with Crippen LogP contribution < -0.4 is 0 Å². The van der Waals surface area contributed by atoms with Crippen molar-refractivity contribution in [3.05, 3.63) is 180 Å². The number of allylic oxidation sites excluding steroid dienone is 19. The molecule has 0 N–H and O–H groups in total. The van der Waals surface area contributed by atoms with Crippen LogP contribution in [0.5, 0.6) is 0 Å². The fourth-order valence-electron chi connectivity index (χ4n) is 18.7. The third-order valence-corrected chi connectivity index (χ3v) is 21.5. The summed E-state index contributed by atoms with van der Waals surface area (Å²) in [6, 6.07) is 4.24. The van der Waals surface area contributed by atoms with Crippen molar-refractivity contribution in [1.82, 2.24) is 19.6 Å². The second-order valence-corrected chi connectivity index (χ2v) is 24.7. The molecule has 362 valence electrons. The lowest BCUT2D eigenvalue weighted by Gasteiger charge is -2.43. The van der Waals surface area contributed by atoms with E-state index in [-0.39, 0.29) is 0 Å². The van der Waals surface area contributed by atoms with Crippen LogP contribution in [0, 0.1) is 59.2 Å². The highest BCUT2D eigenvalue weighted by atomic mass is 15.3. The minimum atomic E-state index is 0.466. The van der Waals surface area contributed by atoms with Gasteiger partial charge in [-0.25, -0.2) is 0 Å². The van der Waals surface area contributed by atoms with E-state index in [1.807, 2.05) is 5.57 Å². The second kappa shape index (κ2) is 17.5. The smallest absolute Gasteiger partial charge is 0.0545 e. The molecule has 0 aromatic heterocycles. The number of fused-ring (bicyclic) bond motifs is 11. The van der Waals surface area contributed by atoms with E-state index in [1.165, 1.54) is 109 Å². The van der Waals surface area contributed by atoms with Gasteiger partial charge in [0.15, 0.2) is 0 Å². The first-order chi connectivity index (χ1) is 34.7. The number of nitrogens with zero attached hydrogens (tertiary/aromatic N) is 4. The highest BCUT2D eigenvalue weighted by Gasteiger charge is 2.55. The normalized spacial score (nSPS) is 44.6. The predicted octanol–water partition coefficient (Wildman–Crippen LogP) is 13.9. The Bertz CT molecular complexity index is 2590. The fraction of sp³-hybridized carbons (Fsp3) is 0.545. The summed E-state index contributed by atoms with van der Waals surface area (Å²) in [7, 11) is 0. The van der Waals surface area contributed by atoms with Crippen LogP contribution in [-0.2, 0) is 0 Å². The van der Waals surface area contributed by atoms with Gasteiger partial charge in [0.1, 0.15) is 0 Å². The van der Waals surface area contributed by atoms with Gasteiger partial charge in [0, 0.05) is 53.0 Å². The summed E-state index contributed by atoms with van der Waals surface area (Å²) in [6.07, 6.45) is 84.3. The zero-order valence-corrected chi connectivity index (χ0v) is 41.8. The van der Waals surface area contributed by atoms with E-state index in [1.54, 1.807) is 28.4 Å². The lowest BCUT2D eigenvalue weighted by molar-refractivity contribution is 0.176. The van der Waals surface area contributed by atoms with E-state index >= 15 is 0 Å². The molecule has 70 heavy (non-hydrogen) atoms. The van der Waals surface area contributed by atoms with E-state index in [9.17, 15) is 0 Å². The Kier molecular flexibility index (Phi) is 10.7. The quantitative estimate of drug-likeness (QED) is 0.246. The van der Waals surface area contributed by atoms with Crippen LogP contribution in [0.3, 0.4) is 0 Å². The molecule has 4 heteroatoms. The van der Waals surface area contributed by atoms with Gasteiger partial charge in [0.2, 0.25) is 0 Å². The topological polar surface area (TPSA) is 13.0 Å². The molecule has 11 aliphatic carbocycles. The SMILES string of the molecule is C1=CCCC(N2C3CCC(C4C=CC5C(C4)C4CC(C6C=CC7C(C6)C6C=CC=CC6N7C6=CC=CCC6)C=CC4N5C4=CC=CC(N5C6=C(CCCC6)C6C=CCCC65)C4)C=C3C3CCC=CC32)=C1. The Morgan fingerprint density at radius 1 is 0.429 bits per heavy atom. The molecule has 15 rings (SSSR count). The van der Waals surface area contributed by atoms with Crippen molar-refractivity contribution in [1.29, 1.82) is 0 Å². The maximum absolute atomic E-state index is 3.03. The van der Waals surface area contributed by atoms with Crippen molar-refractivity contribution in [2.45, 2.75) is 164 Å². The summed E-state index contributed by atoms with van der Waals surface area (Å²) in [4.78, 5) is 11.8. The lowest BCUT2D eigenvalue weighted by atomic mass is 9.65. The lowest BCUT2D eigenvalue weighted by Crippen LogP contribution is -2.45. The van der Waals surface area contributed by atoms with Gasteiger partial charge in [0.05, 0.1) is 42.3 Å². The van der Waals surface area contributed by atoms with Gasteiger partial charge in [-0.05, 0) is 180 Å². The van der Waals surface area contributed by atoms with Gasteiger partial charge in [-0.2, -0.15) is 0 Å². The minimum absolute atomic E-state index is 0.466. The molecule has 0 aromatic rings. The molecule has 0 bridgehead atoms. The molecule has 3 fully saturated rings. The highest BCUT2D eigenvalue weighted by Crippen LogP contribution is 2.57. The Morgan fingerprint density at radius 3 is 1.89 bits per heavy atom. The molecule has 3 saturated heterocycles. The van der Waals surface area contributed by atoms with Gasteiger partial charge in [-0.3, -0.25) is 0 Å². The average Bonchev–Trinajstić information content (AvgIpc) is 4.16. The maximum atomic E-state index is 3.03. The largest absolute Gasteiger partial charge is 0.364 e. The number of rotatable bonds is 6. The Balaban J connectivity index is 0.740. The summed E-state index contributed by atoms with van der Waals surface area (Å²) in [5.41, 5.74) is 10.1.